The summed E-state index contributed by atoms with van der Waals surface area (Å²) in [4.78, 5) is 4.98. The molecule has 0 spiro atoms. The molecule has 0 aliphatic carbocycles. The van der Waals surface area contributed by atoms with Gasteiger partial charge in [-0.15, -0.1) is 0 Å². The first-order valence-corrected chi connectivity index (χ1v) is 9.26. The Morgan fingerprint density at radius 2 is 1.95 bits per heavy atom. The summed E-state index contributed by atoms with van der Waals surface area (Å²) in [6.45, 7) is 7.92. The van der Waals surface area contributed by atoms with Crippen molar-refractivity contribution in [2.24, 2.45) is 0 Å². The fourth-order valence-electron chi connectivity index (χ4n) is 3.15. The largest absolute Gasteiger partial charge is 0.492 e. The van der Waals surface area contributed by atoms with Gasteiger partial charge < -0.3 is 4.74 Å². The molecule has 0 saturated carbocycles. The smallest absolute Gasteiger partial charge is 0.244 e. The zero-order chi connectivity index (χ0) is 15.6. The van der Waals surface area contributed by atoms with Gasteiger partial charge in [0.15, 0.2) is 0 Å². The topological polar surface area (TPSA) is 61.9 Å². The van der Waals surface area contributed by atoms with Crippen LogP contribution < -0.4 is 9.46 Å². The maximum atomic E-state index is 12.6. The maximum Gasteiger partial charge on any atom is 0.244 e. The van der Waals surface area contributed by atoms with E-state index in [4.69, 9.17) is 4.74 Å². The van der Waals surface area contributed by atoms with Gasteiger partial charge in [0.2, 0.25) is 10.0 Å². The fraction of sp³-hybridized carbons (Fsp3) is 0.600. The second-order valence-electron chi connectivity index (χ2n) is 5.72. The molecule has 3 saturated heterocycles. The molecule has 1 unspecified atom stereocenters. The predicted molar refractivity (Wildman–Crippen MR) is 84.6 cm³/mol. The van der Waals surface area contributed by atoms with E-state index in [1.807, 2.05) is 6.92 Å². The summed E-state index contributed by atoms with van der Waals surface area (Å²) >= 11 is 0. The van der Waals surface area contributed by atoms with Crippen molar-refractivity contribution in [1.29, 1.82) is 0 Å². The fourth-order valence-corrected chi connectivity index (χ4v) is 4.37. The lowest BCUT2D eigenvalue weighted by molar-refractivity contribution is 0.0158. The van der Waals surface area contributed by atoms with Gasteiger partial charge in [0.1, 0.15) is 10.6 Å². The van der Waals surface area contributed by atoms with Gasteiger partial charge in [0, 0.05) is 45.3 Å². The molecule has 0 amide bonds. The Labute approximate surface area is 132 Å². The Balaban J connectivity index is 1.69. The molecule has 4 rings (SSSR count). The second-order valence-corrected chi connectivity index (χ2v) is 7.46. The highest BCUT2D eigenvalue weighted by Gasteiger charge is 2.32. The molecular weight excluding hydrogens is 302 g/mol. The third kappa shape index (κ3) is 3.27. The number of piperazine rings is 3. The molecule has 3 heterocycles. The zero-order valence-electron chi connectivity index (χ0n) is 12.9. The first kappa shape index (κ1) is 15.7. The van der Waals surface area contributed by atoms with Crippen molar-refractivity contribution < 1.29 is 13.2 Å². The monoisotopic (exact) mass is 325 g/mol. The highest BCUT2D eigenvalue weighted by Crippen LogP contribution is 2.23. The first-order chi connectivity index (χ1) is 10.6. The van der Waals surface area contributed by atoms with E-state index in [-0.39, 0.29) is 10.9 Å². The van der Waals surface area contributed by atoms with Crippen molar-refractivity contribution in [2.75, 3.05) is 45.9 Å². The molecule has 0 radical (unpaired) electrons. The van der Waals surface area contributed by atoms with Crippen molar-refractivity contribution in [3.8, 4) is 5.75 Å². The molecule has 22 heavy (non-hydrogen) atoms. The Hall–Kier alpha value is -1.15. The van der Waals surface area contributed by atoms with Crippen LogP contribution in [0.3, 0.4) is 0 Å². The Bertz CT molecular complexity index is 612. The minimum Gasteiger partial charge on any atom is -0.492 e. The summed E-state index contributed by atoms with van der Waals surface area (Å²) in [5.74, 6) is 0.409. The van der Waals surface area contributed by atoms with Crippen LogP contribution in [0.25, 0.3) is 0 Å². The van der Waals surface area contributed by atoms with Gasteiger partial charge in [0.25, 0.3) is 0 Å². The van der Waals surface area contributed by atoms with Crippen molar-refractivity contribution in [1.82, 2.24) is 14.5 Å². The molecule has 3 fully saturated rings. The van der Waals surface area contributed by atoms with Gasteiger partial charge in [-0.05, 0) is 19.1 Å². The summed E-state index contributed by atoms with van der Waals surface area (Å²) in [6.07, 6.45) is 0. The minimum atomic E-state index is -3.55. The average Bonchev–Trinajstić information content (AvgIpc) is 2.55. The summed E-state index contributed by atoms with van der Waals surface area (Å²) in [7, 11) is -3.55. The first-order valence-electron chi connectivity index (χ1n) is 7.78. The molecule has 1 aromatic carbocycles. The number of nitrogens with one attached hydrogen (secondary N) is 1. The van der Waals surface area contributed by atoms with Crippen LogP contribution in [0.4, 0.5) is 0 Å². The molecule has 0 aromatic heterocycles. The molecule has 1 aromatic rings. The standard InChI is InChI=1S/C15H23N3O3S/c1-2-21-14-5-3-4-6-15(14)22(19,20)16-11-13-12-17-7-9-18(13)10-8-17/h3-6,13,16H,2,7-12H2,1H3. The summed E-state index contributed by atoms with van der Waals surface area (Å²) in [5.41, 5.74) is 0. The Morgan fingerprint density at radius 3 is 2.59 bits per heavy atom. The predicted octanol–water partition coefficient (Wildman–Crippen LogP) is 0.363. The SMILES string of the molecule is CCOc1ccccc1S(=O)(=O)NCC1CN2CCN1CC2. The average molecular weight is 325 g/mol. The molecule has 7 heteroatoms. The number of ether oxygens (including phenoxy) is 1. The Morgan fingerprint density at radius 1 is 1.23 bits per heavy atom. The van der Waals surface area contributed by atoms with Gasteiger partial charge in [-0.1, -0.05) is 12.1 Å². The molecule has 3 aliphatic rings. The second kappa shape index (κ2) is 6.54. The minimum absolute atomic E-state index is 0.216. The van der Waals surface area contributed by atoms with Crippen LogP contribution in [0.2, 0.25) is 0 Å². The number of para-hydroxylation sites is 1. The molecular formula is C15H23N3O3S. The zero-order valence-corrected chi connectivity index (χ0v) is 13.7. The van der Waals surface area contributed by atoms with E-state index >= 15 is 0 Å². The molecule has 2 bridgehead atoms. The van der Waals surface area contributed by atoms with Crippen molar-refractivity contribution in [3.05, 3.63) is 24.3 Å². The highest BCUT2D eigenvalue weighted by atomic mass is 32.2. The van der Waals surface area contributed by atoms with Crippen LogP contribution >= 0.6 is 0 Å². The Kier molecular flexibility index (Phi) is 4.67. The van der Waals surface area contributed by atoms with E-state index in [2.05, 4.69) is 14.5 Å². The van der Waals surface area contributed by atoms with Crippen LogP contribution in [0.15, 0.2) is 29.2 Å². The summed E-state index contributed by atoms with van der Waals surface area (Å²) in [6, 6.07) is 7.04. The van der Waals surface area contributed by atoms with E-state index < -0.39 is 10.0 Å². The van der Waals surface area contributed by atoms with Gasteiger partial charge >= 0.3 is 0 Å². The van der Waals surface area contributed by atoms with E-state index in [1.54, 1.807) is 24.3 Å². The highest BCUT2D eigenvalue weighted by molar-refractivity contribution is 7.89. The molecule has 122 valence electrons. The lowest BCUT2D eigenvalue weighted by Crippen LogP contribution is -2.63. The molecule has 1 N–H and O–H groups in total. The number of nitrogens with zero attached hydrogens (tertiary/aromatic N) is 2. The van der Waals surface area contributed by atoms with E-state index in [1.165, 1.54) is 0 Å². The van der Waals surface area contributed by atoms with E-state index in [0.717, 1.165) is 32.7 Å². The third-order valence-corrected chi connectivity index (χ3v) is 5.80. The third-order valence-electron chi connectivity index (χ3n) is 4.34. The number of fused-ring (bicyclic) bond motifs is 3. The van der Waals surface area contributed by atoms with Gasteiger partial charge in [0.05, 0.1) is 6.61 Å². The van der Waals surface area contributed by atoms with E-state index in [9.17, 15) is 8.42 Å². The molecule has 3 aliphatic heterocycles. The van der Waals surface area contributed by atoms with Gasteiger partial charge in [-0.3, -0.25) is 9.80 Å². The van der Waals surface area contributed by atoms with Crippen LogP contribution in [-0.4, -0.2) is 70.1 Å². The number of sulfonamides is 1. The van der Waals surface area contributed by atoms with Gasteiger partial charge in [-0.25, -0.2) is 13.1 Å². The quantitative estimate of drug-likeness (QED) is 0.818. The summed E-state index contributed by atoms with van der Waals surface area (Å²) in [5, 5.41) is 0. The van der Waals surface area contributed by atoms with Crippen molar-refractivity contribution >= 4 is 10.0 Å². The number of rotatable bonds is 6. The number of hydrogen-bond acceptors (Lipinski definition) is 5. The lowest BCUT2D eigenvalue weighted by Gasteiger charge is -2.47. The van der Waals surface area contributed by atoms with Crippen molar-refractivity contribution in [2.45, 2.75) is 17.9 Å². The summed E-state index contributed by atoms with van der Waals surface area (Å²) < 4.78 is 33.3. The lowest BCUT2D eigenvalue weighted by atomic mass is 10.1. The van der Waals surface area contributed by atoms with Crippen molar-refractivity contribution in [3.63, 3.8) is 0 Å². The normalized spacial score (nSPS) is 27.8. The number of benzene rings is 1. The molecule has 1 atom stereocenters. The number of hydrogen-bond donors (Lipinski definition) is 1. The van der Waals surface area contributed by atoms with Gasteiger partial charge in [-0.2, -0.15) is 0 Å². The van der Waals surface area contributed by atoms with Crippen LogP contribution in [0, 0.1) is 0 Å². The maximum absolute atomic E-state index is 12.6. The van der Waals surface area contributed by atoms with Crippen LogP contribution in [0.5, 0.6) is 5.75 Å². The van der Waals surface area contributed by atoms with Crippen LogP contribution in [0.1, 0.15) is 6.92 Å². The van der Waals surface area contributed by atoms with Crippen LogP contribution in [-0.2, 0) is 10.0 Å². The van der Waals surface area contributed by atoms with E-state index in [0.29, 0.717) is 18.9 Å². The molecule has 6 nitrogen and oxygen atoms in total.